The quantitative estimate of drug-likeness (QED) is 0.158. The van der Waals surface area contributed by atoms with Gasteiger partial charge in [0.2, 0.25) is 5.91 Å². The van der Waals surface area contributed by atoms with Gasteiger partial charge in [-0.1, -0.05) is 45.7 Å². The number of rotatable bonds is 13. The van der Waals surface area contributed by atoms with E-state index in [1.54, 1.807) is 4.90 Å². The van der Waals surface area contributed by atoms with Gasteiger partial charge in [0.15, 0.2) is 6.73 Å². The molecule has 3 heterocycles. The lowest BCUT2D eigenvalue weighted by molar-refractivity contribution is -0.144. The molecule has 1 saturated heterocycles. The fraction of sp³-hybridized carbons (Fsp3) is 0.529. The number of amides is 1. The normalized spacial score (nSPS) is 17.0. The predicted octanol–water partition coefficient (Wildman–Crippen LogP) is 6.98. The van der Waals surface area contributed by atoms with Crippen molar-refractivity contribution in [1.82, 2.24) is 4.90 Å². The summed E-state index contributed by atoms with van der Waals surface area (Å²) in [6.45, 7) is 12.2. The van der Waals surface area contributed by atoms with Crippen molar-refractivity contribution in [3.8, 4) is 5.75 Å². The van der Waals surface area contributed by atoms with Gasteiger partial charge >= 0.3 is 5.97 Å². The van der Waals surface area contributed by atoms with Gasteiger partial charge in [0.05, 0.1) is 12.3 Å². The predicted molar refractivity (Wildman–Crippen MR) is 172 cm³/mol. The van der Waals surface area contributed by atoms with Crippen LogP contribution in [0.2, 0.25) is 0 Å². The van der Waals surface area contributed by atoms with E-state index in [1.807, 2.05) is 23.5 Å². The van der Waals surface area contributed by atoms with E-state index >= 15 is 0 Å². The van der Waals surface area contributed by atoms with Gasteiger partial charge in [-0.25, -0.2) is 0 Å². The molecule has 2 aromatic carbocycles. The first-order valence-corrected chi connectivity index (χ1v) is 16.4. The molecule has 8 heteroatoms. The van der Waals surface area contributed by atoms with Gasteiger partial charge in [-0.3, -0.25) is 19.4 Å². The Hall–Kier alpha value is -3.10. The number of ether oxygens (including phenoxy) is 2. The number of unbranched alkanes of at least 4 members (excludes halogenated alkanes) is 3. The zero-order valence-corrected chi connectivity index (χ0v) is 26.2. The van der Waals surface area contributed by atoms with Crippen LogP contribution in [0.15, 0.2) is 47.8 Å². The summed E-state index contributed by atoms with van der Waals surface area (Å²) in [5, 5.41) is 3.55. The largest absolute Gasteiger partial charge is 0.494 e. The first kappa shape index (κ1) is 30.4. The van der Waals surface area contributed by atoms with Crippen LogP contribution in [-0.2, 0) is 19.7 Å². The highest BCUT2D eigenvalue weighted by Gasteiger charge is 2.37. The van der Waals surface area contributed by atoms with Crippen molar-refractivity contribution in [1.29, 1.82) is 0 Å². The molecule has 0 atom stereocenters. The number of nitrogens with zero attached hydrogens (tertiary/aromatic N) is 3. The van der Waals surface area contributed by atoms with E-state index in [4.69, 9.17) is 9.47 Å². The van der Waals surface area contributed by atoms with Crippen LogP contribution < -0.4 is 14.5 Å². The molecule has 5 rings (SSSR count). The lowest BCUT2D eigenvalue weighted by atomic mass is 9.77. The molecule has 0 aliphatic carbocycles. The van der Waals surface area contributed by atoms with Crippen LogP contribution in [0.5, 0.6) is 5.75 Å². The molecule has 0 saturated carbocycles. The molecule has 0 bridgehead atoms. The zero-order valence-electron chi connectivity index (χ0n) is 25.4. The number of carbonyl (C=O) groups excluding carboxylic acids is 2. The van der Waals surface area contributed by atoms with E-state index in [1.165, 1.54) is 15.8 Å². The molecule has 2 aliphatic heterocycles. The van der Waals surface area contributed by atoms with Crippen molar-refractivity contribution in [3.05, 3.63) is 53.4 Å². The summed E-state index contributed by atoms with van der Waals surface area (Å²) in [7, 11) is 0. The van der Waals surface area contributed by atoms with Gasteiger partial charge < -0.3 is 14.4 Å². The third kappa shape index (κ3) is 7.27. The van der Waals surface area contributed by atoms with E-state index in [0.29, 0.717) is 19.4 Å². The summed E-state index contributed by atoms with van der Waals surface area (Å²) in [5.41, 5.74) is 2.94. The van der Waals surface area contributed by atoms with Gasteiger partial charge in [0.1, 0.15) is 5.75 Å². The molecular weight excluding hydrogens is 546 g/mol. The summed E-state index contributed by atoms with van der Waals surface area (Å²) in [5.74, 6) is 0.462. The number of anilines is 2. The monoisotopic (exact) mass is 591 g/mol. The molecule has 1 aromatic heterocycles. The summed E-state index contributed by atoms with van der Waals surface area (Å²) in [6, 6.07) is 14.9. The first-order chi connectivity index (χ1) is 20.4. The molecule has 0 spiro atoms. The molecule has 2 aliphatic rings. The van der Waals surface area contributed by atoms with Crippen molar-refractivity contribution in [3.63, 3.8) is 0 Å². The highest BCUT2D eigenvalue weighted by molar-refractivity contribution is 7.17. The summed E-state index contributed by atoms with van der Waals surface area (Å²) < 4.78 is 13.0. The number of esters is 1. The van der Waals surface area contributed by atoms with E-state index < -0.39 is 0 Å². The van der Waals surface area contributed by atoms with Gasteiger partial charge in [-0.15, -0.1) is 11.3 Å². The highest BCUT2D eigenvalue weighted by atomic mass is 32.1. The second kappa shape index (κ2) is 13.9. The number of fused-ring (bicyclic) bond motifs is 2. The lowest BCUT2D eigenvalue weighted by Crippen LogP contribution is -2.46. The Balaban J connectivity index is 1.08. The van der Waals surface area contributed by atoms with Gasteiger partial charge in [0, 0.05) is 66.3 Å². The van der Waals surface area contributed by atoms with Crippen LogP contribution in [0, 0.1) is 0 Å². The van der Waals surface area contributed by atoms with Crippen LogP contribution in [0.4, 0.5) is 11.4 Å². The van der Waals surface area contributed by atoms with E-state index in [0.717, 1.165) is 81.8 Å². The number of carbonyl (C=O) groups is 2. The maximum Gasteiger partial charge on any atom is 0.307 e. The third-order valence-corrected chi connectivity index (χ3v) is 9.43. The molecule has 0 N–H and O–H groups in total. The molecule has 3 aromatic rings. The van der Waals surface area contributed by atoms with E-state index in [-0.39, 0.29) is 24.0 Å². The van der Waals surface area contributed by atoms with Crippen LogP contribution >= 0.6 is 11.3 Å². The Labute approximate surface area is 254 Å². The van der Waals surface area contributed by atoms with Gasteiger partial charge in [0.25, 0.3) is 0 Å². The standard InChI is InChI=1S/C34H45N3O4S/c1-4-5-6-12-33(39)41-25-37-30-23-26(13-14-28(30)34(2,3)24-32(37)38)40-21-8-7-16-35-17-19-36(20-18-35)29-10-9-11-31-27(29)15-22-42-31/h9-11,13-15,22-23H,4-8,12,16-21,24-25H2,1-3H3. The average molecular weight is 592 g/mol. The molecule has 226 valence electrons. The minimum absolute atomic E-state index is 0.0295. The Kier molecular flexibility index (Phi) is 10.1. The molecule has 0 unspecified atom stereocenters. The average Bonchev–Trinajstić information content (AvgIpc) is 3.46. The topological polar surface area (TPSA) is 62.3 Å². The van der Waals surface area contributed by atoms with Crippen molar-refractivity contribution >= 4 is 44.7 Å². The maximum absolute atomic E-state index is 13.0. The Bertz CT molecular complexity index is 1360. The number of thiophene rings is 1. The Morgan fingerprint density at radius 2 is 1.81 bits per heavy atom. The van der Waals surface area contributed by atoms with Crippen LogP contribution in [0.1, 0.15) is 71.3 Å². The summed E-state index contributed by atoms with van der Waals surface area (Å²) in [4.78, 5) is 31.9. The molecule has 1 amide bonds. The second-order valence-corrected chi connectivity index (χ2v) is 13.1. The van der Waals surface area contributed by atoms with Crippen molar-refractivity contribution in [2.45, 2.75) is 71.1 Å². The smallest absolute Gasteiger partial charge is 0.307 e. The van der Waals surface area contributed by atoms with E-state index in [9.17, 15) is 9.59 Å². The number of hydrogen-bond acceptors (Lipinski definition) is 7. The highest BCUT2D eigenvalue weighted by Crippen LogP contribution is 2.42. The molecular formula is C34H45N3O4S. The van der Waals surface area contributed by atoms with Crippen LogP contribution in [-0.4, -0.2) is 62.8 Å². The maximum atomic E-state index is 13.0. The molecule has 0 radical (unpaired) electrons. The second-order valence-electron chi connectivity index (χ2n) is 12.2. The molecule has 7 nitrogen and oxygen atoms in total. The molecule has 42 heavy (non-hydrogen) atoms. The van der Waals surface area contributed by atoms with Crippen molar-refractivity contribution < 1.29 is 19.1 Å². The van der Waals surface area contributed by atoms with Crippen molar-refractivity contribution in [2.24, 2.45) is 0 Å². The number of benzene rings is 2. The van der Waals surface area contributed by atoms with Gasteiger partial charge in [-0.2, -0.15) is 0 Å². The van der Waals surface area contributed by atoms with E-state index in [2.05, 4.69) is 66.3 Å². The Morgan fingerprint density at radius 3 is 2.62 bits per heavy atom. The minimum Gasteiger partial charge on any atom is -0.494 e. The fourth-order valence-electron chi connectivity index (χ4n) is 6.06. The minimum atomic E-state index is -0.285. The van der Waals surface area contributed by atoms with Crippen molar-refractivity contribution in [2.75, 3.05) is 55.9 Å². The SMILES string of the molecule is CCCCCC(=O)OCN1C(=O)CC(C)(C)c2ccc(OCCCCN3CCN(c4cccc5sccc45)CC3)cc21. The summed E-state index contributed by atoms with van der Waals surface area (Å²) >= 11 is 1.81. The summed E-state index contributed by atoms with van der Waals surface area (Å²) in [6.07, 6.45) is 5.68. The molecule has 1 fully saturated rings. The number of piperazine rings is 1. The first-order valence-electron chi connectivity index (χ1n) is 15.5. The van der Waals surface area contributed by atoms with Crippen LogP contribution in [0.25, 0.3) is 10.1 Å². The Morgan fingerprint density at radius 1 is 0.976 bits per heavy atom. The fourth-order valence-corrected chi connectivity index (χ4v) is 6.87. The van der Waals surface area contributed by atoms with Gasteiger partial charge in [-0.05, 0) is 61.0 Å². The van der Waals surface area contributed by atoms with Crippen LogP contribution in [0.3, 0.4) is 0 Å². The number of hydrogen-bond donors (Lipinski definition) is 0. The zero-order chi connectivity index (χ0) is 29.5. The lowest BCUT2D eigenvalue weighted by Gasteiger charge is -2.38. The third-order valence-electron chi connectivity index (χ3n) is 8.55.